The maximum absolute atomic E-state index is 5.44. The third-order valence-corrected chi connectivity index (χ3v) is 2.80. The van der Waals surface area contributed by atoms with Crippen LogP contribution >= 0.6 is 0 Å². The molecule has 1 saturated heterocycles. The van der Waals surface area contributed by atoms with Crippen LogP contribution in [0.5, 0.6) is 5.88 Å². The van der Waals surface area contributed by atoms with Crippen molar-refractivity contribution in [3.63, 3.8) is 0 Å². The molecule has 1 atom stereocenters. The van der Waals surface area contributed by atoms with E-state index in [0.717, 1.165) is 31.9 Å². The lowest BCUT2D eigenvalue weighted by atomic mass is 10.0. The van der Waals surface area contributed by atoms with E-state index in [0.29, 0.717) is 11.8 Å². The van der Waals surface area contributed by atoms with Crippen molar-refractivity contribution in [2.24, 2.45) is 5.92 Å². The van der Waals surface area contributed by atoms with Gasteiger partial charge in [0.25, 0.3) is 0 Å². The molecule has 16 heavy (non-hydrogen) atoms. The molecule has 0 aromatic carbocycles. The number of hydrogen-bond acceptors (Lipinski definition) is 4. The summed E-state index contributed by atoms with van der Waals surface area (Å²) in [5.74, 6) is 1.25. The van der Waals surface area contributed by atoms with Crippen molar-refractivity contribution < 1.29 is 9.47 Å². The van der Waals surface area contributed by atoms with Gasteiger partial charge in [0.1, 0.15) is 0 Å². The highest BCUT2D eigenvalue weighted by molar-refractivity contribution is 5.51. The second-order valence-corrected chi connectivity index (χ2v) is 4.02. The van der Waals surface area contributed by atoms with Crippen LogP contribution in [0.3, 0.4) is 0 Å². The fourth-order valence-corrected chi connectivity index (χ4v) is 1.91. The maximum Gasteiger partial charge on any atom is 0.237 e. The summed E-state index contributed by atoms with van der Waals surface area (Å²) in [4.78, 5) is 4.14. The number of nitrogens with zero attached hydrogens (tertiary/aromatic N) is 1. The molecule has 1 fully saturated rings. The molecular formula is C12H18N2O2. The smallest absolute Gasteiger partial charge is 0.237 e. The van der Waals surface area contributed by atoms with Gasteiger partial charge in [0, 0.05) is 19.3 Å². The van der Waals surface area contributed by atoms with Gasteiger partial charge < -0.3 is 14.8 Å². The van der Waals surface area contributed by atoms with E-state index in [2.05, 4.69) is 10.3 Å². The second kappa shape index (κ2) is 5.70. The SMILES string of the molecule is COc1ncccc1NCC1CCCOC1. The van der Waals surface area contributed by atoms with Crippen molar-refractivity contribution in [2.45, 2.75) is 12.8 Å². The molecule has 4 nitrogen and oxygen atoms in total. The van der Waals surface area contributed by atoms with Gasteiger partial charge in [-0.25, -0.2) is 4.98 Å². The van der Waals surface area contributed by atoms with Gasteiger partial charge >= 0.3 is 0 Å². The number of hydrogen-bond donors (Lipinski definition) is 1. The summed E-state index contributed by atoms with van der Waals surface area (Å²) in [6, 6.07) is 3.89. The fraction of sp³-hybridized carbons (Fsp3) is 0.583. The van der Waals surface area contributed by atoms with Gasteiger partial charge in [-0.15, -0.1) is 0 Å². The highest BCUT2D eigenvalue weighted by Gasteiger charge is 2.14. The molecular weight excluding hydrogens is 204 g/mol. The fourth-order valence-electron chi connectivity index (χ4n) is 1.91. The number of methoxy groups -OCH3 is 1. The molecule has 1 aromatic heterocycles. The van der Waals surface area contributed by atoms with E-state index in [9.17, 15) is 0 Å². The first-order valence-corrected chi connectivity index (χ1v) is 5.71. The van der Waals surface area contributed by atoms with E-state index in [1.165, 1.54) is 6.42 Å². The number of ether oxygens (including phenoxy) is 2. The zero-order chi connectivity index (χ0) is 11.2. The highest BCUT2D eigenvalue weighted by atomic mass is 16.5. The number of pyridine rings is 1. The lowest BCUT2D eigenvalue weighted by Crippen LogP contribution is -2.24. The molecule has 2 heterocycles. The average molecular weight is 222 g/mol. The second-order valence-electron chi connectivity index (χ2n) is 4.02. The van der Waals surface area contributed by atoms with Crippen molar-refractivity contribution in [3.8, 4) is 5.88 Å². The molecule has 0 bridgehead atoms. The van der Waals surface area contributed by atoms with E-state index >= 15 is 0 Å². The quantitative estimate of drug-likeness (QED) is 0.845. The van der Waals surface area contributed by atoms with Crippen LogP contribution in [0.15, 0.2) is 18.3 Å². The van der Waals surface area contributed by atoms with E-state index in [1.807, 2.05) is 12.1 Å². The molecule has 0 amide bonds. The Morgan fingerprint density at radius 3 is 3.31 bits per heavy atom. The Labute approximate surface area is 96.0 Å². The Morgan fingerprint density at radius 1 is 1.62 bits per heavy atom. The number of aromatic nitrogens is 1. The monoisotopic (exact) mass is 222 g/mol. The lowest BCUT2D eigenvalue weighted by Gasteiger charge is -2.22. The van der Waals surface area contributed by atoms with Gasteiger partial charge in [0.05, 0.1) is 19.4 Å². The minimum Gasteiger partial charge on any atom is -0.480 e. The molecule has 1 unspecified atom stereocenters. The van der Waals surface area contributed by atoms with Gasteiger partial charge in [0.15, 0.2) is 0 Å². The molecule has 4 heteroatoms. The van der Waals surface area contributed by atoms with Gasteiger partial charge in [-0.1, -0.05) is 0 Å². The zero-order valence-corrected chi connectivity index (χ0v) is 9.61. The lowest BCUT2D eigenvalue weighted by molar-refractivity contribution is 0.0595. The standard InChI is InChI=1S/C12H18N2O2/c1-15-12-11(5-2-6-13-12)14-8-10-4-3-7-16-9-10/h2,5-6,10,14H,3-4,7-9H2,1H3. The summed E-state index contributed by atoms with van der Waals surface area (Å²) in [5.41, 5.74) is 0.954. The van der Waals surface area contributed by atoms with Crippen LogP contribution in [-0.2, 0) is 4.74 Å². The summed E-state index contributed by atoms with van der Waals surface area (Å²) >= 11 is 0. The van der Waals surface area contributed by atoms with Crippen LogP contribution in [0.1, 0.15) is 12.8 Å². The van der Waals surface area contributed by atoms with E-state index in [-0.39, 0.29) is 0 Å². The third kappa shape index (κ3) is 2.85. The summed E-state index contributed by atoms with van der Waals surface area (Å²) in [6.07, 6.45) is 4.12. The number of anilines is 1. The van der Waals surface area contributed by atoms with E-state index < -0.39 is 0 Å². The highest BCUT2D eigenvalue weighted by Crippen LogP contribution is 2.21. The number of rotatable bonds is 4. The van der Waals surface area contributed by atoms with Crippen molar-refractivity contribution in [1.29, 1.82) is 0 Å². The first-order chi connectivity index (χ1) is 7.90. The van der Waals surface area contributed by atoms with E-state index in [1.54, 1.807) is 13.3 Å². The molecule has 1 N–H and O–H groups in total. The van der Waals surface area contributed by atoms with Crippen LogP contribution in [0, 0.1) is 5.92 Å². The Morgan fingerprint density at radius 2 is 2.56 bits per heavy atom. The van der Waals surface area contributed by atoms with Gasteiger partial charge in [-0.05, 0) is 30.9 Å². The Bertz CT molecular complexity index is 325. The predicted octanol–water partition coefficient (Wildman–Crippen LogP) is 1.93. The summed E-state index contributed by atoms with van der Waals surface area (Å²) in [6.45, 7) is 2.68. The summed E-state index contributed by atoms with van der Waals surface area (Å²) < 4.78 is 10.6. The van der Waals surface area contributed by atoms with Crippen LogP contribution in [0.4, 0.5) is 5.69 Å². The maximum atomic E-state index is 5.44. The van der Waals surface area contributed by atoms with Crippen LogP contribution in [-0.4, -0.2) is 31.9 Å². The molecule has 0 radical (unpaired) electrons. The number of nitrogens with one attached hydrogen (secondary N) is 1. The molecule has 1 aliphatic rings. The Balaban J connectivity index is 1.88. The predicted molar refractivity (Wildman–Crippen MR) is 62.8 cm³/mol. The van der Waals surface area contributed by atoms with Crippen LogP contribution in [0.2, 0.25) is 0 Å². The zero-order valence-electron chi connectivity index (χ0n) is 9.61. The minimum absolute atomic E-state index is 0.596. The first-order valence-electron chi connectivity index (χ1n) is 5.71. The molecule has 0 spiro atoms. The Hall–Kier alpha value is -1.29. The molecule has 88 valence electrons. The summed E-state index contributed by atoms with van der Waals surface area (Å²) in [7, 11) is 1.64. The Kier molecular flexibility index (Phi) is 3.99. The minimum atomic E-state index is 0.596. The molecule has 0 aliphatic carbocycles. The first kappa shape index (κ1) is 11.2. The van der Waals surface area contributed by atoms with Crippen molar-refractivity contribution >= 4 is 5.69 Å². The van der Waals surface area contributed by atoms with Crippen LogP contribution in [0.25, 0.3) is 0 Å². The molecule has 1 aromatic rings. The molecule has 1 aliphatic heterocycles. The third-order valence-electron chi connectivity index (χ3n) is 2.80. The van der Waals surface area contributed by atoms with Gasteiger partial charge in [0.2, 0.25) is 5.88 Å². The topological polar surface area (TPSA) is 43.4 Å². The molecule has 2 rings (SSSR count). The van der Waals surface area contributed by atoms with Crippen molar-refractivity contribution in [3.05, 3.63) is 18.3 Å². The molecule has 0 saturated carbocycles. The van der Waals surface area contributed by atoms with Gasteiger partial charge in [-0.3, -0.25) is 0 Å². The normalized spacial score (nSPS) is 20.4. The van der Waals surface area contributed by atoms with Gasteiger partial charge in [-0.2, -0.15) is 0 Å². The van der Waals surface area contributed by atoms with Crippen LogP contribution < -0.4 is 10.1 Å². The average Bonchev–Trinajstić information content (AvgIpc) is 2.38. The summed E-state index contributed by atoms with van der Waals surface area (Å²) in [5, 5.41) is 3.37. The van der Waals surface area contributed by atoms with E-state index in [4.69, 9.17) is 9.47 Å². The van der Waals surface area contributed by atoms with Crippen molar-refractivity contribution in [1.82, 2.24) is 4.98 Å². The van der Waals surface area contributed by atoms with Crippen molar-refractivity contribution in [2.75, 3.05) is 32.2 Å². The largest absolute Gasteiger partial charge is 0.480 e.